The molecule has 0 aromatic carbocycles. The first kappa shape index (κ1) is 16.1. The summed E-state index contributed by atoms with van der Waals surface area (Å²) < 4.78 is 17.1. The molecule has 2 rings (SSSR count). The average Bonchev–Trinajstić information content (AvgIpc) is 2.95. The van der Waals surface area contributed by atoms with Crippen LogP contribution in [0.3, 0.4) is 0 Å². The number of cyclic esters (lactones) is 1. The number of furan rings is 1. The van der Waals surface area contributed by atoms with Crippen molar-refractivity contribution in [2.24, 2.45) is 0 Å². The van der Waals surface area contributed by atoms with Gasteiger partial charge < -0.3 is 13.6 Å². The minimum atomic E-state index is -1.87. The first-order valence-electron chi connectivity index (χ1n) is 7.24. The molecule has 1 fully saturated rings. The molecule has 118 valence electrons. The van der Waals surface area contributed by atoms with Crippen LogP contribution in [0.5, 0.6) is 0 Å². The Bertz CT molecular complexity index is 492. The van der Waals surface area contributed by atoms with Crippen molar-refractivity contribution < 1.29 is 18.4 Å². The molecule has 1 aliphatic rings. The van der Waals surface area contributed by atoms with Crippen LogP contribution in [-0.2, 0) is 9.16 Å². The van der Waals surface area contributed by atoms with Crippen LogP contribution in [-0.4, -0.2) is 39.1 Å². The molecule has 2 atom stereocenters. The number of likely N-dealkylation sites (N-methyl/N-ethyl adjacent to an activating group) is 1. The van der Waals surface area contributed by atoms with Crippen molar-refractivity contribution in [3.63, 3.8) is 0 Å². The molecular formula is C15H25NO4Si. The zero-order chi connectivity index (χ0) is 15.8. The lowest BCUT2D eigenvalue weighted by molar-refractivity contribution is 0.0828. The van der Waals surface area contributed by atoms with Crippen LogP contribution >= 0.6 is 0 Å². The van der Waals surface area contributed by atoms with Gasteiger partial charge in [0.15, 0.2) is 14.4 Å². The Morgan fingerprint density at radius 3 is 2.57 bits per heavy atom. The van der Waals surface area contributed by atoms with Gasteiger partial charge >= 0.3 is 6.09 Å². The van der Waals surface area contributed by atoms with Crippen LogP contribution in [0.4, 0.5) is 4.79 Å². The molecule has 2 heterocycles. The zero-order valence-corrected chi connectivity index (χ0v) is 14.7. The van der Waals surface area contributed by atoms with Crippen LogP contribution in [0.1, 0.15) is 32.6 Å². The molecule has 0 radical (unpaired) electrons. The number of amides is 1. The number of hydrogen-bond donors (Lipinski definition) is 0. The van der Waals surface area contributed by atoms with E-state index in [0.29, 0.717) is 6.61 Å². The van der Waals surface area contributed by atoms with Crippen molar-refractivity contribution in [2.75, 3.05) is 13.7 Å². The molecule has 21 heavy (non-hydrogen) atoms. The van der Waals surface area contributed by atoms with E-state index in [1.807, 2.05) is 12.1 Å². The van der Waals surface area contributed by atoms with Gasteiger partial charge in [0.25, 0.3) is 0 Å². The second kappa shape index (κ2) is 5.49. The van der Waals surface area contributed by atoms with Gasteiger partial charge in [-0.3, -0.25) is 4.90 Å². The van der Waals surface area contributed by atoms with E-state index in [4.69, 9.17) is 13.6 Å². The number of hydrogen-bond acceptors (Lipinski definition) is 4. The van der Waals surface area contributed by atoms with Crippen molar-refractivity contribution in [1.82, 2.24) is 4.90 Å². The summed E-state index contributed by atoms with van der Waals surface area (Å²) in [6, 6.07) is 3.46. The van der Waals surface area contributed by atoms with E-state index in [-0.39, 0.29) is 23.3 Å². The maximum Gasteiger partial charge on any atom is 0.410 e. The predicted octanol–water partition coefficient (Wildman–Crippen LogP) is 3.79. The molecule has 5 nitrogen and oxygen atoms in total. The van der Waals surface area contributed by atoms with Gasteiger partial charge in [0.1, 0.15) is 11.8 Å². The highest BCUT2D eigenvalue weighted by Crippen LogP contribution is 2.38. The molecule has 0 aliphatic carbocycles. The molecule has 1 aromatic heterocycles. The third-order valence-electron chi connectivity index (χ3n) is 4.56. The Hall–Kier alpha value is -1.27. The van der Waals surface area contributed by atoms with Gasteiger partial charge in [-0.1, -0.05) is 20.8 Å². The van der Waals surface area contributed by atoms with Crippen molar-refractivity contribution in [3.8, 4) is 0 Å². The summed E-state index contributed by atoms with van der Waals surface area (Å²) in [6.07, 6.45) is 0.945. The van der Waals surface area contributed by atoms with Gasteiger partial charge in [0, 0.05) is 7.05 Å². The van der Waals surface area contributed by atoms with Crippen LogP contribution in [0.15, 0.2) is 22.8 Å². The summed E-state index contributed by atoms with van der Waals surface area (Å²) >= 11 is 0. The Kier molecular flexibility index (Phi) is 4.21. The molecule has 6 heteroatoms. The third-order valence-corrected chi connectivity index (χ3v) is 9.06. The molecular weight excluding hydrogens is 286 g/mol. The summed E-state index contributed by atoms with van der Waals surface area (Å²) in [5.41, 5.74) is 0. The quantitative estimate of drug-likeness (QED) is 0.794. The van der Waals surface area contributed by atoms with Crippen LogP contribution in [0, 0.1) is 0 Å². The standard InChI is InChI=1S/C15H25NO4Si/c1-15(2,3)21(5,6)19-10-12-13(11-8-7-9-18-11)16(4)14(17)20-12/h7-9,12-13H,10H2,1-6H3/t12-,13+/m0/s1. The topological polar surface area (TPSA) is 51.9 Å². The van der Waals surface area contributed by atoms with E-state index in [1.54, 1.807) is 18.2 Å². The van der Waals surface area contributed by atoms with Crippen LogP contribution < -0.4 is 0 Å². The average molecular weight is 311 g/mol. The van der Waals surface area contributed by atoms with Gasteiger partial charge in [-0.05, 0) is 30.3 Å². The van der Waals surface area contributed by atoms with Gasteiger partial charge in [-0.15, -0.1) is 0 Å². The SMILES string of the molecule is CN1C(=O)O[C@@H](CO[Si](C)(C)C(C)(C)C)[C@H]1c1ccco1. The molecule has 1 aromatic rings. The monoisotopic (exact) mass is 311 g/mol. The van der Waals surface area contributed by atoms with Crippen molar-refractivity contribution in [2.45, 2.75) is 51.0 Å². The zero-order valence-electron chi connectivity index (χ0n) is 13.7. The fourth-order valence-electron chi connectivity index (χ4n) is 2.11. The highest BCUT2D eigenvalue weighted by Gasteiger charge is 2.45. The highest BCUT2D eigenvalue weighted by atomic mass is 28.4. The second-order valence-corrected chi connectivity index (χ2v) is 11.9. The molecule has 1 aliphatic heterocycles. The first-order valence-corrected chi connectivity index (χ1v) is 10.1. The van der Waals surface area contributed by atoms with E-state index in [2.05, 4.69) is 33.9 Å². The van der Waals surface area contributed by atoms with E-state index in [1.165, 1.54) is 0 Å². The minimum absolute atomic E-state index is 0.127. The lowest BCUT2D eigenvalue weighted by atomic mass is 10.1. The molecule has 1 saturated heterocycles. The molecule has 0 spiro atoms. The maximum absolute atomic E-state index is 11.8. The Labute approximate surface area is 127 Å². The predicted molar refractivity (Wildman–Crippen MR) is 82.6 cm³/mol. The van der Waals surface area contributed by atoms with Gasteiger partial charge in [-0.2, -0.15) is 0 Å². The largest absolute Gasteiger partial charge is 0.467 e. The smallest absolute Gasteiger partial charge is 0.410 e. The van der Waals surface area contributed by atoms with Crippen LogP contribution in [0.25, 0.3) is 0 Å². The number of carbonyl (C=O) groups excluding carboxylic acids is 1. The summed E-state index contributed by atoms with van der Waals surface area (Å²) in [5, 5.41) is 0.127. The number of ether oxygens (including phenoxy) is 1. The van der Waals surface area contributed by atoms with Gasteiger partial charge in [0.05, 0.1) is 12.9 Å². The fraction of sp³-hybridized carbons (Fsp3) is 0.667. The maximum atomic E-state index is 11.8. The second-order valence-electron chi connectivity index (χ2n) is 7.06. The minimum Gasteiger partial charge on any atom is -0.467 e. The van der Waals surface area contributed by atoms with E-state index in [9.17, 15) is 4.79 Å². The van der Waals surface area contributed by atoms with Crippen molar-refractivity contribution in [1.29, 1.82) is 0 Å². The summed E-state index contributed by atoms with van der Waals surface area (Å²) in [4.78, 5) is 13.4. The Morgan fingerprint density at radius 2 is 2.05 bits per heavy atom. The molecule has 1 amide bonds. The normalized spacial score (nSPS) is 23.5. The Morgan fingerprint density at radius 1 is 1.38 bits per heavy atom. The lowest BCUT2D eigenvalue weighted by Gasteiger charge is -2.37. The van der Waals surface area contributed by atoms with E-state index < -0.39 is 8.32 Å². The third kappa shape index (κ3) is 3.16. The van der Waals surface area contributed by atoms with Gasteiger partial charge in [-0.25, -0.2) is 4.79 Å². The Balaban J connectivity index is 2.10. The highest BCUT2D eigenvalue weighted by molar-refractivity contribution is 6.74. The van der Waals surface area contributed by atoms with Crippen LogP contribution in [0.2, 0.25) is 18.1 Å². The fourth-order valence-corrected chi connectivity index (χ4v) is 3.12. The number of nitrogens with zero attached hydrogens (tertiary/aromatic N) is 1. The van der Waals surface area contributed by atoms with E-state index in [0.717, 1.165) is 5.76 Å². The first-order chi connectivity index (χ1) is 9.63. The van der Waals surface area contributed by atoms with Gasteiger partial charge in [0.2, 0.25) is 0 Å². The molecule has 0 bridgehead atoms. The summed E-state index contributed by atoms with van der Waals surface area (Å²) in [5.74, 6) is 0.729. The summed E-state index contributed by atoms with van der Waals surface area (Å²) in [7, 11) is -0.147. The van der Waals surface area contributed by atoms with Crippen molar-refractivity contribution in [3.05, 3.63) is 24.2 Å². The molecule has 0 unspecified atom stereocenters. The number of rotatable bonds is 4. The molecule has 0 N–H and O–H groups in total. The molecule has 0 saturated carbocycles. The lowest BCUT2D eigenvalue weighted by Crippen LogP contribution is -2.43. The number of carbonyl (C=O) groups is 1. The van der Waals surface area contributed by atoms with Crippen molar-refractivity contribution >= 4 is 14.4 Å². The van der Waals surface area contributed by atoms with E-state index >= 15 is 0 Å². The summed E-state index contributed by atoms with van der Waals surface area (Å²) in [6.45, 7) is 11.4.